The van der Waals surface area contributed by atoms with E-state index in [0.717, 1.165) is 6.42 Å². The van der Waals surface area contributed by atoms with Gasteiger partial charge in [0.1, 0.15) is 0 Å². The first-order valence-corrected chi connectivity index (χ1v) is 11.1. The largest absolute Gasteiger partial charge is 0.310 e. The van der Waals surface area contributed by atoms with Crippen molar-refractivity contribution in [3.8, 4) is 0 Å². The highest BCUT2D eigenvalue weighted by Gasteiger charge is 2.18. The van der Waals surface area contributed by atoms with E-state index >= 15 is 0 Å². The third-order valence-electron chi connectivity index (χ3n) is 6.12. The molecule has 0 unspecified atom stereocenters. The third-order valence-corrected chi connectivity index (χ3v) is 6.12. The Labute approximate surface area is 184 Å². The summed E-state index contributed by atoms with van der Waals surface area (Å²) in [6.07, 6.45) is 7.61. The molecule has 0 spiro atoms. The van der Waals surface area contributed by atoms with E-state index in [1.54, 1.807) is 0 Å². The summed E-state index contributed by atoms with van der Waals surface area (Å²) in [6, 6.07) is 28.8. The molecule has 0 atom stereocenters. The van der Waals surface area contributed by atoms with Crippen LogP contribution in [-0.2, 0) is 0 Å². The number of nitrogens with zero attached hydrogens (tertiary/aromatic N) is 1. The Morgan fingerprint density at radius 2 is 1.42 bits per heavy atom. The van der Waals surface area contributed by atoms with E-state index in [0.29, 0.717) is 0 Å². The second-order valence-electron chi connectivity index (χ2n) is 8.10. The van der Waals surface area contributed by atoms with E-state index in [9.17, 15) is 0 Å². The molecule has 0 saturated carbocycles. The lowest BCUT2D eigenvalue weighted by molar-refractivity contribution is 1.14. The lowest BCUT2D eigenvalue weighted by Crippen LogP contribution is -2.15. The van der Waals surface area contributed by atoms with Crippen molar-refractivity contribution < 1.29 is 0 Å². The van der Waals surface area contributed by atoms with Gasteiger partial charge in [0.25, 0.3) is 0 Å². The summed E-state index contributed by atoms with van der Waals surface area (Å²) < 4.78 is 0. The maximum Gasteiger partial charge on any atom is 0.0540 e. The van der Waals surface area contributed by atoms with Gasteiger partial charge >= 0.3 is 0 Å². The predicted molar refractivity (Wildman–Crippen MR) is 137 cm³/mol. The summed E-state index contributed by atoms with van der Waals surface area (Å²) in [5.74, 6) is 0. The molecule has 0 aromatic heterocycles. The second kappa shape index (κ2) is 7.92. The summed E-state index contributed by atoms with van der Waals surface area (Å²) in [5.41, 5.74) is 4.91. The van der Waals surface area contributed by atoms with Gasteiger partial charge in [-0.05, 0) is 77.0 Å². The highest BCUT2D eigenvalue weighted by Crippen LogP contribution is 2.42. The lowest BCUT2D eigenvalue weighted by atomic mass is 9.91. The van der Waals surface area contributed by atoms with E-state index in [2.05, 4.69) is 123 Å². The van der Waals surface area contributed by atoms with Crippen molar-refractivity contribution in [2.24, 2.45) is 0 Å². The number of hydrogen-bond donors (Lipinski definition) is 0. The highest BCUT2D eigenvalue weighted by molar-refractivity contribution is 6.26. The van der Waals surface area contributed by atoms with Crippen LogP contribution >= 0.6 is 0 Å². The Kier molecular flexibility index (Phi) is 4.95. The number of anilines is 2. The zero-order chi connectivity index (χ0) is 21.4. The molecule has 0 amide bonds. The van der Waals surface area contributed by atoms with Crippen LogP contribution in [0.15, 0.2) is 103 Å². The molecule has 0 aliphatic rings. The van der Waals surface area contributed by atoms with E-state index in [1.165, 1.54) is 55.0 Å². The molecule has 0 bridgehead atoms. The van der Waals surface area contributed by atoms with Crippen LogP contribution in [0.2, 0.25) is 0 Å². The number of para-hydroxylation sites is 1. The molecule has 5 aromatic rings. The molecule has 0 radical (unpaired) electrons. The SMILES string of the molecule is C/C=C\C(=C/CC)N(c1ccccc1)c1ccc2ccc3c(C)ccc4ccc1c2c43. The molecule has 31 heavy (non-hydrogen) atoms. The van der Waals surface area contributed by atoms with E-state index in [1.807, 2.05) is 0 Å². The summed E-state index contributed by atoms with van der Waals surface area (Å²) >= 11 is 0. The Morgan fingerprint density at radius 1 is 0.774 bits per heavy atom. The van der Waals surface area contributed by atoms with Gasteiger partial charge < -0.3 is 4.90 Å². The zero-order valence-corrected chi connectivity index (χ0v) is 18.4. The van der Waals surface area contributed by atoms with Gasteiger partial charge in [-0.3, -0.25) is 0 Å². The lowest BCUT2D eigenvalue weighted by Gasteiger charge is -2.28. The monoisotopic (exact) mass is 401 g/mol. The number of aryl methyl sites for hydroxylation is 1. The van der Waals surface area contributed by atoms with Gasteiger partial charge in [-0.15, -0.1) is 0 Å². The van der Waals surface area contributed by atoms with Crippen molar-refractivity contribution in [1.82, 2.24) is 0 Å². The topological polar surface area (TPSA) is 3.24 Å². The quantitative estimate of drug-likeness (QED) is 0.210. The van der Waals surface area contributed by atoms with Gasteiger partial charge in [0, 0.05) is 16.8 Å². The molecule has 0 N–H and O–H groups in total. The first-order valence-electron chi connectivity index (χ1n) is 11.1. The Hall–Kier alpha value is -3.58. The molecule has 0 saturated heterocycles. The van der Waals surface area contributed by atoms with Crippen LogP contribution in [0, 0.1) is 6.92 Å². The fourth-order valence-electron chi connectivity index (χ4n) is 4.74. The number of rotatable bonds is 5. The van der Waals surface area contributed by atoms with E-state index in [4.69, 9.17) is 0 Å². The van der Waals surface area contributed by atoms with Crippen LogP contribution in [-0.4, -0.2) is 0 Å². The fourth-order valence-corrected chi connectivity index (χ4v) is 4.74. The van der Waals surface area contributed by atoms with Gasteiger partial charge in [0.15, 0.2) is 0 Å². The second-order valence-corrected chi connectivity index (χ2v) is 8.10. The standard InChI is InChI=1S/C30H27N/c1-4-9-24(10-5-2)31(25-11-7-6-8-12-25)28-20-17-23-15-18-26-21(3)13-14-22-16-19-27(28)30(23)29(22)26/h4,6-20H,5H2,1-3H3/b9-4-,24-10+. The van der Waals surface area contributed by atoms with Gasteiger partial charge in [-0.1, -0.05) is 79.7 Å². The molecule has 0 aliphatic heterocycles. The van der Waals surface area contributed by atoms with Crippen LogP contribution in [0.3, 0.4) is 0 Å². The maximum atomic E-state index is 2.39. The maximum absolute atomic E-state index is 2.39. The Balaban J connectivity index is 1.88. The van der Waals surface area contributed by atoms with E-state index in [-0.39, 0.29) is 0 Å². The molecular weight excluding hydrogens is 374 g/mol. The van der Waals surface area contributed by atoms with E-state index < -0.39 is 0 Å². The molecule has 0 fully saturated rings. The molecule has 5 rings (SSSR count). The summed E-state index contributed by atoms with van der Waals surface area (Å²) in [5, 5.41) is 7.96. The molecular formula is C30H27N. The first kappa shape index (κ1) is 19.4. The molecule has 1 nitrogen and oxygen atoms in total. The highest BCUT2D eigenvalue weighted by atomic mass is 15.1. The third kappa shape index (κ3) is 3.18. The normalized spacial score (nSPS) is 12.5. The van der Waals surface area contributed by atoms with Crippen molar-refractivity contribution in [3.63, 3.8) is 0 Å². The Morgan fingerprint density at radius 3 is 2.13 bits per heavy atom. The zero-order valence-electron chi connectivity index (χ0n) is 18.4. The average Bonchev–Trinajstić information content (AvgIpc) is 2.80. The van der Waals surface area contributed by atoms with Crippen LogP contribution < -0.4 is 4.90 Å². The van der Waals surface area contributed by atoms with Gasteiger partial charge in [0.2, 0.25) is 0 Å². The fraction of sp³-hybridized carbons (Fsp3) is 0.133. The van der Waals surface area contributed by atoms with Crippen LogP contribution in [0.4, 0.5) is 11.4 Å². The number of hydrogen-bond acceptors (Lipinski definition) is 1. The minimum Gasteiger partial charge on any atom is -0.310 e. The summed E-state index contributed by atoms with van der Waals surface area (Å²) in [4.78, 5) is 2.39. The van der Waals surface area contributed by atoms with Gasteiger partial charge in [0.05, 0.1) is 5.69 Å². The van der Waals surface area contributed by atoms with Crippen molar-refractivity contribution in [2.75, 3.05) is 4.90 Å². The smallest absolute Gasteiger partial charge is 0.0540 e. The van der Waals surface area contributed by atoms with Gasteiger partial charge in [-0.2, -0.15) is 0 Å². The van der Waals surface area contributed by atoms with Crippen molar-refractivity contribution in [3.05, 3.63) is 108 Å². The molecule has 0 aliphatic carbocycles. The van der Waals surface area contributed by atoms with Crippen molar-refractivity contribution in [2.45, 2.75) is 27.2 Å². The predicted octanol–water partition coefficient (Wildman–Crippen LogP) is 8.90. The number of benzene rings is 5. The minimum atomic E-state index is 0.980. The van der Waals surface area contributed by atoms with Crippen LogP contribution in [0.5, 0.6) is 0 Å². The van der Waals surface area contributed by atoms with Crippen molar-refractivity contribution in [1.29, 1.82) is 0 Å². The summed E-state index contributed by atoms with van der Waals surface area (Å²) in [7, 11) is 0. The van der Waals surface area contributed by atoms with Crippen LogP contribution in [0.25, 0.3) is 32.3 Å². The van der Waals surface area contributed by atoms with Crippen molar-refractivity contribution >= 4 is 43.7 Å². The minimum absolute atomic E-state index is 0.980. The van der Waals surface area contributed by atoms with Gasteiger partial charge in [-0.25, -0.2) is 0 Å². The molecule has 1 heteroatoms. The Bertz CT molecular complexity index is 1420. The molecule has 5 aromatic carbocycles. The molecule has 152 valence electrons. The molecule has 0 heterocycles. The average molecular weight is 402 g/mol. The van der Waals surface area contributed by atoms with Crippen LogP contribution in [0.1, 0.15) is 25.8 Å². The number of allylic oxidation sites excluding steroid dienone is 3. The summed E-state index contributed by atoms with van der Waals surface area (Å²) in [6.45, 7) is 6.48. The first-order chi connectivity index (χ1) is 15.2.